The van der Waals surface area contributed by atoms with Crippen molar-refractivity contribution in [3.63, 3.8) is 0 Å². The minimum Gasteiger partial charge on any atom is -0.361 e. The lowest BCUT2D eigenvalue weighted by Gasteiger charge is -2.15. The van der Waals surface area contributed by atoms with E-state index in [0.29, 0.717) is 17.3 Å². The Morgan fingerprint density at radius 2 is 1.79 bits per heavy atom. The molecule has 124 valence electrons. The molecule has 0 bridgehead atoms. The first-order valence-corrected chi connectivity index (χ1v) is 8.67. The Hall–Kier alpha value is -2.58. The smallest absolute Gasteiger partial charge is 0.246 e. The summed E-state index contributed by atoms with van der Waals surface area (Å²) in [6.45, 7) is 1.86. The number of hydrogen-bond acceptors (Lipinski definition) is 6. The first-order valence-electron chi connectivity index (χ1n) is 7.23. The van der Waals surface area contributed by atoms with Crippen molar-refractivity contribution in [1.29, 1.82) is 0 Å². The molecule has 3 aromatic rings. The van der Waals surface area contributed by atoms with Crippen LogP contribution in [0.5, 0.6) is 0 Å². The van der Waals surface area contributed by atoms with E-state index in [1.807, 2.05) is 30.3 Å². The molecular formula is C16H16N4O3S. The van der Waals surface area contributed by atoms with Gasteiger partial charge in [-0.1, -0.05) is 35.5 Å². The molecule has 0 aliphatic heterocycles. The Morgan fingerprint density at radius 1 is 1.12 bits per heavy atom. The van der Waals surface area contributed by atoms with Crippen molar-refractivity contribution in [3.8, 4) is 11.4 Å². The first kappa shape index (κ1) is 16.3. The van der Waals surface area contributed by atoms with Crippen molar-refractivity contribution >= 4 is 10.0 Å². The van der Waals surface area contributed by atoms with Gasteiger partial charge in [0.05, 0.1) is 24.6 Å². The fourth-order valence-electron chi connectivity index (χ4n) is 2.17. The summed E-state index contributed by atoms with van der Waals surface area (Å²) in [7, 11) is -2.22. The lowest BCUT2D eigenvalue weighted by Crippen LogP contribution is -2.27. The molecule has 0 radical (unpaired) electrons. The highest BCUT2D eigenvalue weighted by Crippen LogP contribution is 2.18. The molecule has 0 fully saturated rings. The van der Waals surface area contributed by atoms with Gasteiger partial charge in [0.15, 0.2) is 5.82 Å². The number of aryl methyl sites for hydroxylation is 1. The highest BCUT2D eigenvalue weighted by Gasteiger charge is 2.23. The van der Waals surface area contributed by atoms with E-state index in [-0.39, 0.29) is 11.4 Å². The van der Waals surface area contributed by atoms with Crippen LogP contribution in [-0.2, 0) is 16.6 Å². The van der Waals surface area contributed by atoms with Crippen LogP contribution in [0.1, 0.15) is 11.5 Å². The van der Waals surface area contributed by atoms with E-state index in [2.05, 4.69) is 15.1 Å². The third kappa shape index (κ3) is 3.34. The Balaban J connectivity index is 1.81. The van der Waals surface area contributed by atoms with Crippen molar-refractivity contribution in [2.75, 3.05) is 7.05 Å². The van der Waals surface area contributed by atoms with Crippen LogP contribution in [0.15, 0.2) is 58.2 Å². The predicted molar refractivity (Wildman–Crippen MR) is 87.4 cm³/mol. The number of aromatic nitrogens is 3. The summed E-state index contributed by atoms with van der Waals surface area (Å²) in [5, 5.41) is 3.80. The van der Waals surface area contributed by atoms with E-state index in [4.69, 9.17) is 4.52 Å². The first-order chi connectivity index (χ1) is 11.5. The highest BCUT2D eigenvalue weighted by molar-refractivity contribution is 7.89. The third-order valence-corrected chi connectivity index (χ3v) is 5.19. The molecule has 0 amide bonds. The third-order valence-electron chi connectivity index (χ3n) is 3.43. The zero-order valence-electron chi connectivity index (χ0n) is 13.2. The number of nitrogens with zero attached hydrogens (tertiary/aromatic N) is 4. The Labute approximate surface area is 140 Å². The topological polar surface area (TPSA) is 89.2 Å². The second-order valence-corrected chi connectivity index (χ2v) is 7.34. The minimum absolute atomic E-state index is 0.0323. The van der Waals surface area contributed by atoms with E-state index in [9.17, 15) is 8.42 Å². The van der Waals surface area contributed by atoms with Crippen molar-refractivity contribution in [2.24, 2.45) is 0 Å². The van der Waals surface area contributed by atoms with Gasteiger partial charge >= 0.3 is 0 Å². The van der Waals surface area contributed by atoms with Gasteiger partial charge in [0.25, 0.3) is 0 Å². The molecule has 24 heavy (non-hydrogen) atoms. The van der Waals surface area contributed by atoms with E-state index < -0.39 is 10.0 Å². The summed E-state index contributed by atoms with van der Waals surface area (Å²) in [5.41, 5.74) is 1.37. The van der Waals surface area contributed by atoms with Crippen LogP contribution in [0.2, 0.25) is 0 Å². The molecule has 0 saturated carbocycles. The van der Waals surface area contributed by atoms with Gasteiger partial charge in [-0.15, -0.1) is 0 Å². The maximum absolute atomic E-state index is 12.6. The van der Waals surface area contributed by atoms with Gasteiger partial charge in [-0.2, -0.15) is 4.31 Å². The van der Waals surface area contributed by atoms with Gasteiger partial charge in [-0.05, 0) is 6.92 Å². The van der Waals surface area contributed by atoms with Gasteiger partial charge in [-0.3, -0.25) is 0 Å². The molecule has 0 aliphatic carbocycles. The minimum atomic E-state index is -3.70. The largest absolute Gasteiger partial charge is 0.361 e. The molecule has 1 aromatic carbocycles. The fraction of sp³-hybridized carbons (Fsp3) is 0.188. The molecular weight excluding hydrogens is 328 g/mol. The summed E-state index contributed by atoms with van der Waals surface area (Å²) in [6.07, 6.45) is 2.63. The molecule has 0 aliphatic rings. The summed E-state index contributed by atoms with van der Waals surface area (Å²) in [5.74, 6) is 1.11. The summed E-state index contributed by atoms with van der Waals surface area (Å²) >= 11 is 0. The van der Waals surface area contributed by atoms with Crippen LogP contribution in [0.3, 0.4) is 0 Å². The standard InChI is InChI=1S/C16H16N4O3S/c1-12-8-14(19-23-12)11-20(2)24(21,22)15-9-17-16(18-10-15)13-6-4-3-5-7-13/h3-10H,11H2,1-2H3. The van der Waals surface area contributed by atoms with Gasteiger partial charge in [-0.25, -0.2) is 18.4 Å². The van der Waals surface area contributed by atoms with Crippen molar-refractivity contribution in [2.45, 2.75) is 18.4 Å². The highest BCUT2D eigenvalue weighted by atomic mass is 32.2. The van der Waals surface area contributed by atoms with E-state index in [0.717, 1.165) is 5.56 Å². The van der Waals surface area contributed by atoms with Crippen LogP contribution in [0.4, 0.5) is 0 Å². The molecule has 2 heterocycles. The SMILES string of the molecule is Cc1cc(CN(C)S(=O)(=O)c2cnc(-c3ccccc3)nc2)no1. The number of rotatable bonds is 5. The number of hydrogen-bond donors (Lipinski definition) is 0. The van der Waals surface area contributed by atoms with Crippen molar-refractivity contribution in [3.05, 3.63) is 60.2 Å². The molecule has 3 rings (SSSR count). The maximum Gasteiger partial charge on any atom is 0.246 e. The molecule has 0 N–H and O–H groups in total. The van der Waals surface area contributed by atoms with Crippen LogP contribution >= 0.6 is 0 Å². The Kier molecular flexibility index (Phi) is 4.41. The lowest BCUT2D eigenvalue weighted by atomic mass is 10.2. The molecule has 2 aromatic heterocycles. The molecule has 7 nitrogen and oxygen atoms in total. The molecule has 0 spiro atoms. The zero-order valence-corrected chi connectivity index (χ0v) is 14.1. The predicted octanol–water partition coefficient (Wildman–Crippen LogP) is 2.26. The normalized spacial score (nSPS) is 11.8. The summed E-state index contributed by atoms with van der Waals surface area (Å²) in [4.78, 5) is 8.35. The fourth-order valence-corrected chi connectivity index (χ4v) is 3.21. The average Bonchev–Trinajstić information content (AvgIpc) is 3.00. The van der Waals surface area contributed by atoms with Crippen LogP contribution in [0.25, 0.3) is 11.4 Å². The molecule has 8 heteroatoms. The monoisotopic (exact) mass is 344 g/mol. The van der Waals surface area contributed by atoms with Gasteiger partial charge in [0.1, 0.15) is 10.7 Å². The van der Waals surface area contributed by atoms with Crippen molar-refractivity contribution in [1.82, 2.24) is 19.4 Å². The van der Waals surface area contributed by atoms with Gasteiger partial charge < -0.3 is 4.52 Å². The Morgan fingerprint density at radius 3 is 2.38 bits per heavy atom. The molecule has 0 atom stereocenters. The van der Waals surface area contributed by atoms with E-state index >= 15 is 0 Å². The lowest BCUT2D eigenvalue weighted by molar-refractivity contribution is 0.378. The van der Waals surface area contributed by atoms with E-state index in [1.165, 1.54) is 23.7 Å². The zero-order chi connectivity index (χ0) is 17.2. The van der Waals surface area contributed by atoms with Crippen molar-refractivity contribution < 1.29 is 12.9 Å². The number of sulfonamides is 1. The van der Waals surface area contributed by atoms with Gasteiger partial charge in [0.2, 0.25) is 10.0 Å². The number of benzene rings is 1. The second-order valence-electron chi connectivity index (χ2n) is 5.30. The summed E-state index contributed by atoms with van der Waals surface area (Å²) < 4.78 is 31.3. The Bertz CT molecular complexity index is 921. The van der Waals surface area contributed by atoms with E-state index in [1.54, 1.807) is 13.0 Å². The van der Waals surface area contributed by atoms with Crippen LogP contribution < -0.4 is 0 Å². The quantitative estimate of drug-likeness (QED) is 0.705. The maximum atomic E-state index is 12.6. The molecule has 0 saturated heterocycles. The van der Waals surface area contributed by atoms with Crippen LogP contribution in [0, 0.1) is 6.92 Å². The van der Waals surface area contributed by atoms with Gasteiger partial charge in [0, 0.05) is 18.7 Å². The van der Waals surface area contributed by atoms with Crippen LogP contribution in [-0.4, -0.2) is 34.9 Å². The summed E-state index contributed by atoms with van der Waals surface area (Å²) in [6, 6.07) is 11.1. The molecule has 0 unspecified atom stereocenters. The second kappa shape index (κ2) is 6.50. The average molecular weight is 344 g/mol.